The first-order valence-electron chi connectivity index (χ1n) is 10.00. The Kier molecular flexibility index (Phi) is 7.04. The lowest BCUT2D eigenvalue weighted by atomic mass is 10.1. The summed E-state index contributed by atoms with van der Waals surface area (Å²) in [5.74, 6) is -0.277. The summed E-state index contributed by atoms with van der Waals surface area (Å²) in [6.45, 7) is 4.89. The number of nitrogens with one attached hydrogen (secondary N) is 2. The molecule has 0 spiro atoms. The molecule has 0 radical (unpaired) electrons. The van der Waals surface area contributed by atoms with Crippen molar-refractivity contribution in [3.63, 3.8) is 0 Å². The zero-order chi connectivity index (χ0) is 20.6. The number of esters is 1. The molecule has 9 heteroatoms. The molecule has 3 rings (SSSR count). The standard InChI is InChI=1S/C20H27N5O4/c1-2-29-18(26)7-8-21-20(28)22-9-12-25-14-23-16-13-15(5-6-17(16)25)19(27)24-10-3-4-11-24/h5-6,13-14H,2-4,7-12H2,1H3,(H2,21,22,28). The van der Waals surface area contributed by atoms with E-state index >= 15 is 0 Å². The van der Waals surface area contributed by atoms with E-state index < -0.39 is 0 Å². The van der Waals surface area contributed by atoms with Crippen molar-refractivity contribution < 1.29 is 19.1 Å². The van der Waals surface area contributed by atoms with Crippen LogP contribution in [0.1, 0.15) is 36.5 Å². The number of imidazole rings is 1. The van der Waals surface area contributed by atoms with Crippen molar-refractivity contribution in [3.05, 3.63) is 30.1 Å². The molecule has 0 bridgehead atoms. The lowest BCUT2D eigenvalue weighted by molar-refractivity contribution is -0.142. The summed E-state index contributed by atoms with van der Waals surface area (Å²) in [6.07, 6.45) is 3.97. The van der Waals surface area contributed by atoms with Gasteiger partial charge in [0.05, 0.1) is 30.4 Å². The van der Waals surface area contributed by atoms with Crippen LogP contribution >= 0.6 is 0 Å². The molecule has 1 aromatic heterocycles. The normalized spacial score (nSPS) is 13.5. The highest BCUT2D eigenvalue weighted by Crippen LogP contribution is 2.18. The SMILES string of the molecule is CCOC(=O)CCNC(=O)NCCn1cnc2cc(C(=O)N3CCCC3)ccc21. The van der Waals surface area contributed by atoms with E-state index in [0.717, 1.165) is 37.0 Å². The number of aromatic nitrogens is 2. The van der Waals surface area contributed by atoms with E-state index in [1.165, 1.54) is 0 Å². The molecule has 29 heavy (non-hydrogen) atoms. The van der Waals surface area contributed by atoms with E-state index in [-0.39, 0.29) is 30.9 Å². The number of hydrogen-bond acceptors (Lipinski definition) is 5. The molecular weight excluding hydrogens is 374 g/mol. The number of carbonyl (C=O) groups excluding carboxylic acids is 3. The zero-order valence-electron chi connectivity index (χ0n) is 16.6. The van der Waals surface area contributed by atoms with Gasteiger partial charge in [0.15, 0.2) is 0 Å². The second-order valence-corrected chi connectivity index (χ2v) is 6.88. The van der Waals surface area contributed by atoms with Gasteiger partial charge in [-0.2, -0.15) is 0 Å². The van der Waals surface area contributed by atoms with Gasteiger partial charge in [-0.25, -0.2) is 9.78 Å². The highest BCUT2D eigenvalue weighted by atomic mass is 16.5. The zero-order valence-corrected chi connectivity index (χ0v) is 16.6. The van der Waals surface area contributed by atoms with Gasteiger partial charge in [0.25, 0.3) is 5.91 Å². The third-order valence-corrected chi connectivity index (χ3v) is 4.82. The molecule has 2 N–H and O–H groups in total. The Labute approximate surface area is 169 Å². The summed E-state index contributed by atoms with van der Waals surface area (Å²) in [7, 11) is 0. The fourth-order valence-electron chi connectivity index (χ4n) is 3.34. The van der Waals surface area contributed by atoms with Crippen molar-refractivity contribution in [1.82, 2.24) is 25.1 Å². The van der Waals surface area contributed by atoms with Gasteiger partial charge in [-0.3, -0.25) is 9.59 Å². The maximum Gasteiger partial charge on any atom is 0.314 e. The number of urea groups is 1. The summed E-state index contributed by atoms with van der Waals surface area (Å²) >= 11 is 0. The predicted molar refractivity (Wildman–Crippen MR) is 108 cm³/mol. The average molecular weight is 401 g/mol. The van der Waals surface area contributed by atoms with Gasteiger partial charge in [-0.05, 0) is 38.0 Å². The molecule has 156 valence electrons. The van der Waals surface area contributed by atoms with Gasteiger partial charge in [-0.15, -0.1) is 0 Å². The minimum atomic E-state index is -0.336. The first-order valence-corrected chi connectivity index (χ1v) is 10.00. The van der Waals surface area contributed by atoms with Crippen LogP contribution in [0, 0.1) is 0 Å². The second-order valence-electron chi connectivity index (χ2n) is 6.88. The monoisotopic (exact) mass is 401 g/mol. The van der Waals surface area contributed by atoms with E-state index in [9.17, 15) is 14.4 Å². The first-order chi connectivity index (χ1) is 14.1. The minimum absolute atomic E-state index is 0.0557. The van der Waals surface area contributed by atoms with Crippen molar-refractivity contribution in [2.45, 2.75) is 32.7 Å². The molecule has 2 heterocycles. The van der Waals surface area contributed by atoms with Crippen LogP contribution in [0.15, 0.2) is 24.5 Å². The summed E-state index contributed by atoms with van der Waals surface area (Å²) in [5.41, 5.74) is 2.32. The largest absolute Gasteiger partial charge is 0.466 e. The van der Waals surface area contributed by atoms with Gasteiger partial charge in [0.1, 0.15) is 0 Å². The summed E-state index contributed by atoms with van der Waals surface area (Å²) in [5, 5.41) is 5.36. The molecule has 9 nitrogen and oxygen atoms in total. The molecule has 1 aromatic carbocycles. The quantitative estimate of drug-likeness (QED) is 0.653. The number of likely N-dealkylation sites (tertiary alicyclic amines) is 1. The van der Waals surface area contributed by atoms with E-state index in [4.69, 9.17) is 4.74 Å². The van der Waals surface area contributed by atoms with Crippen LogP contribution in [0.3, 0.4) is 0 Å². The Morgan fingerprint density at radius 3 is 2.66 bits per heavy atom. The van der Waals surface area contributed by atoms with Crippen LogP contribution in [0.25, 0.3) is 11.0 Å². The van der Waals surface area contributed by atoms with Gasteiger partial charge < -0.3 is 24.8 Å². The van der Waals surface area contributed by atoms with E-state index in [2.05, 4.69) is 15.6 Å². The number of rotatable bonds is 8. The molecular formula is C20H27N5O4. The molecule has 0 unspecified atom stereocenters. The lowest BCUT2D eigenvalue weighted by Crippen LogP contribution is -2.38. The molecule has 1 aliphatic heterocycles. The predicted octanol–water partition coefficient (Wildman–Crippen LogP) is 1.52. The van der Waals surface area contributed by atoms with Crippen LogP contribution in [0.4, 0.5) is 4.79 Å². The molecule has 0 atom stereocenters. The fourth-order valence-corrected chi connectivity index (χ4v) is 3.34. The van der Waals surface area contributed by atoms with E-state index in [1.54, 1.807) is 13.3 Å². The number of fused-ring (bicyclic) bond motifs is 1. The summed E-state index contributed by atoms with van der Waals surface area (Å²) in [4.78, 5) is 41.8. The van der Waals surface area contributed by atoms with Crippen molar-refractivity contribution in [2.75, 3.05) is 32.8 Å². The first kappa shape index (κ1) is 20.6. The van der Waals surface area contributed by atoms with Crippen molar-refractivity contribution >= 4 is 28.9 Å². The highest BCUT2D eigenvalue weighted by Gasteiger charge is 2.20. The Bertz CT molecular complexity index is 873. The smallest absolute Gasteiger partial charge is 0.314 e. The van der Waals surface area contributed by atoms with Gasteiger partial charge >= 0.3 is 12.0 Å². The number of carbonyl (C=O) groups is 3. The van der Waals surface area contributed by atoms with Crippen LogP contribution in [0.2, 0.25) is 0 Å². The fraction of sp³-hybridized carbons (Fsp3) is 0.500. The molecule has 0 saturated carbocycles. The van der Waals surface area contributed by atoms with Crippen LogP contribution in [0.5, 0.6) is 0 Å². The van der Waals surface area contributed by atoms with Crippen LogP contribution < -0.4 is 10.6 Å². The maximum atomic E-state index is 12.5. The minimum Gasteiger partial charge on any atom is -0.466 e. The molecule has 1 saturated heterocycles. The Morgan fingerprint density at radius 1 is 1.14 bits per heavy atom. The highest BCUT2D eigenvalue weighted by molar-refractivity contribution is 5.97. The van der Waals surface area contributed by atoms with E-state index in [0.29, 0.717) is 25.3 Å². The van der Waals surface area contributed by atoms with Crippen molar-refractivity contribution in [1.29, 1.82) is 0 Å². The number of nitrogens with zero attached hydrogens (tertiary/aromatic N) is 3. The maximum absolute atomic E-state index is 12.5. The molecule has 0 aliphatic carbocycles. The van der Waals surface area contributed by atoms with Gasteiger partial charge in [0, 0.05) is 38.3 Å². The van der Waals surface area contributed by atoms with E-state index in [1.807, 2.05) is 27.7 Å². The number of benzene rings is 1. The van der Waals surface area contributed by atoms with Gasteiger partial charge in [0.2, 0.25) is 0 Å². The summed E-state index contributed by atoms with van der Waals surface area (Å²) in [6, 6.07) is 5.21. The number of amides is 3. The second kappa shape index (κ2) is 9.90. The third-order valence-electron chi connectivity index (χ3n) is 4.82. The Balaban J connectivity index is 1.47. The van der Waals surface area contributed by atoms with Crippen molar-refractivity contribution in [3.8, 4) is 0 Å². The number of ether oxygens (including phenoxy) is 1. The lowest BCUT2D eigenvalue weighted by Gasteiger charge is -2.15. The molecule has 3 amide bonds. The van der Waals surface area contributed by atoms with Gasteiger partial charge in [-0.1, -0.05) is 0 Å². The molecule has 1 aliphatic rings. The summed E-state index contributed by atoms with van der Waals surface area (Å²) < 4.78 is 6.73. The Hall–Kier alpha value is -3.10. The number of hydrogen-bond donors (Lipinski definition) is 2. The Morgan fingerprint density at radius 2 is 1.90 bits per heavy atom. The van der Waals surface area contributed by atoms with Crippen LogP contribution in [-0.4, -0.2) is 65.1 Å². The molecule has 2 aromatic rings. The molecule has 1 fully saturated rings. The topological polar surface area (TPSA) is 106 Å². The van der Waals surface area contributed by atoms with Crippen molar-refractivity contribution in [2.24, 2.45) is 0 Å². The third kappa shape index (κ3) is 5.46. The average Bonchev–Trinajstić information content (AvgIpc) is 3.37. The van der Waals surface area contributed by atoms with Crippen LogP contribution in [-0.2, 0) is 16.1 Å².